The Morgan fingerprint density at radius 2 is 1.69 bits per heavy atom. The maximum absolute atomic E-state index is 11.9. The molecule has 0 bridgehead atoms. The van der Waals surface area contributed by atoms with Gasteiger partial charge in [-0.2, -0.15) is 0 Å². The molecule has 0 aromatic rings. The minimum absolute atomic E-state index is 0.0535. The predicted octanol–water partition coefficient (Wildman–Crippen LogP) is 1.70. The van der Waals surface area contributed by atoms with Crippen LogP contribution in [-0.4, -0.2) is 56.1 Å². The van der Waals surface area contributed by atoms with E-state index < -0.39 is 7.60 Å². The Kier molecular flexibility index (Phi) is 11.2. The van der Waals surface area contributed by atoms with Crippen LogP contribution >= 0.6 is 30.8 Å². The number of hydrogen-bond donors (Lipinski definition) is 1. The fourth-order valence-corrected chi connectivity index (χ4v) is 2.91. The normalized spacial score (nSPS) is 14.9. The number of halogens is 2. The summed E-state index contributed by atoms with van der Waals surface area (Å²) in [5.41, 5.74) is 0. The Labute approximate surface area is 105 Å². The molecule has 0 aliphatic rings. The van der Waals surface area contributed by atoms with Gasteiger partial charge in [-0.15, -0.1) is 23.2 Å². The van der Waals surface area contributed by atoms with Gasteiger partial charge >= 0.3 is 7.60 Å². The van der Waals surface area contributed by atoms with Gasteiger partial charge in [0.1, 0.15) is 0 Å². The molecule has 98 valence electrons. The lowest BCUT2D eigenvalue weighted by Crippen LogP contribution is -2.09. The monoisotopic (exact) mass is 294 g/mol. The van der Waals surface area contributed by atoms with Crippen LogP contribution in [-0.2, 0) is 18.3 Å². The van der Waals surface area contributed by atoms with Crippen LogP contribution in [0.1, 0.15) is 0 Å². The van der Waals surface area contributed by atoms with Gasteiger partial charge in [-0.1, -0.05) is 0 Å². The summed E-state index contributed by atoms with van der Waals surface area (Å²) < 4.78 is 27.0. The summed E-state index contributed by atoms with van der Waals surface area (Å²) in [6.45, 7) is 0.717. The van der Waals surface area contributed by atoms with Gasteiger partial charge in [-0.05, 0) is 0 Å². The summed E-state index contributed by atoms with van der Waals surface area (Å²) >= 11 is 10.9. The molecule has 0 saturated heterocycles. The highest BCUT2D eigenvalue weighted by Crippen LogP contribution is 2.47. The summed E-state index contributed by atoms with van der Waals surface area (Å²) in [4.78, 5) is 0. The molecular formula is C8H17Cl2O5P. The largest absolute Gasteiger partial charge is 0.394 e. The Bertz CT molecular complexity index is 205. The third kappa shape index (κ3) is 8.76. The molecular weight excluding hydrogens is 278 g/mol. The molecule has 0 aliphatic carbocycles. The molecule has 1 atom stereocenters. The Morgan fingerprint density at radius 1 is 1.00 bits per heavy atom. The lowest BCUT2D eigenvalue weighted by Gasteiger charge is -2.16. The van der Waals surface area contributed by atoms with Crippen LogP contribution in [0.15, 0.2) is 0 Å². The van der Waals surface area contributed by atoms with Crippen molar-refractivity contribution in [1.82, 2.24) is 0 Å². The summed E-state index contributed by atoms with van der Waals surface area (Å²) in [6, 6.07) is 0. The number of ether oxygens (including phenoxy) is 1. The fraction of sp³-hybridized carbons (Fsp3) is 1.00. The number of hydrogen-bond acceptors (Lipinski definition) is 5. The first-order valence-corrected chi connectivity index (χ1v) is 7.67. The molecule has 0 spiro atoms. The quantitative estimate of drug-likeness (QED) is 0.357. The molecule has 5 nitrogen and oxygen atoms in total. The first kappa shape index (κ1) is 16.6. The van der Waals surface area contributed by atoms with Gasteiger partial charge in [0.2, 0.25) is 0 Å². The molecule has 8 heteroatoms. The van der Waals surface area contributed by atoms with Crippen LogP contribution in [0.5, 0.6) is 0 Å². The second kappa shape index (κ2) is 10.8. The third-order valence-corrected chi connectivity index (χ3v) is 4.00. The van der Waals surface area contributed by atoms with Crippen molar-refractivity contribution in [3.05, 3.63) is 0 Å². The van der Waals surface area contributed by atoms with E-state index in [1.54, 1.807) is 0 Å². The van der Waals surface area contributed by atoms with Crippen molar-refractivity contribution in [3.63, 3.8) is 0 Å². The van der Waals surface area contributed by atoms with Crippen LogP contribution in [0.25, 0.3) is 0 Å². The number of rotatable bonds is 11. The third-order valence-electron chi connectivity index (χ3n) is 1.47. The fourth-order valence-electron chi connectivity index (χ4n) is 0.845. The maximum Gasteiger partial charge on any atom is 0.331 e. The van der Waals surface area contributed by atoms with E-state index in [9.17, 15) is 4.57 Å². The Morgan fingerprint density at radius 3 is 2.25 bits per heavy atom. The zero-order chi connectivity index (χ0) is 12.3. The minimum atomic E-state index is -3.14. The van der Waals surface area contributed by atoms with Crippen LogP contribution < -0.4 is 0 Å². The average molecular weight is 295 g/mol. The predicted molar refractivity (Wildman–Crippen MR) is 63.7 cm³/mol. The number of aliphatic hydroxyl groups is 1. The lowest BCUT2D eigenvalue weighted by atomic mass is 10.7. The molecule has 0 amide bonds. The molecule has 1 N–H and O–H groups in total. The van der Waals surface area contributed by atoms with Crippen LogP contribution in [0.3, 0.4) is 0 Å². The van der Waals surface area contributed by atoms with Gasteiger partial charge < -0.3 is 18.9 Å². The molecule has 0 aliphatic heterocycles. The van der Waals surface area contributed by atoms with Crippen LogP contribution in [0, 0.1) is 0 Å². The van der Waals surface area contributed by atoms with E-state index in [1.165, 1.54) is 0 Å². The van der Waals surface area contributed by atoms with E-state index in [1.807, 2.05) is 0 Å². The average Bonchev–Trinajstić information content (AvgIpc) is 2.27. The number of aliphatic hydroxyl groups excluding tert-OH is 1. The highest BCUT2D eigenvalue weighted by Gasteiger charge is 2.23. The number of alkyl halides is 2. The SMILES string of the molecule is O=P(CCCl)(OCCCl)OCCOCCO. The van der Waals surface area contributed by atoms with Gasteiger partial charge in [0.05, 0.1) is 39.2 Å². The minimum Gasteiger partial charge on any atom is -0.394 e. The highest BCUT2D eigenvalue weighted by atomic mass is 35.5. The summed E-state index contributed by atoms with van der Waals surface area (Å²) in [5, 5.41) is 8.45. The van der Waals surface area contributed by atoms with Gasteiger partial charge in [0, 0.05) is 11.8 Å². The summed E-state index contributed by atoms with van der Waals surface area (Å²) in [5.74, 6) is 0.438. The van der Waals surface area contributed by atoms with Crippen molar-refractivity contribution in [2.75, 3.05) is 51.0 Å². The second-order valence-electron chi connectivity index (χ2n) is 2.71. The first-order valence-electron chi connectivity index (χ1n) is 4.87. The van der Waals surface area contributed by atoms with E-state index >= 15 is 0 Å². The maximum atomic E-state index is 11.9. The highest BCUT2D eigenvalue weighted by molar-refractivity contribution is 7.53. The van der Waals surface area contributed by atoms with Gasteiger partial charge in [0.25, 0.3) is 0 Å². The molecule has 0 heterocycles. The van der Waals surface area contributed by atoms with Crippen LogP contribution in [0.4, 0.5) is 0 Å². The summed E-state index contributed by atoms with van der Waals surface area (Å²) in [6.07, 6.45) is 0.144. The zero-order valence-corrected chi connectivity index (χ0v) is 11.3. The molecule has 0 saturated carbocycles. The molecule has 0 rings (SSSR count). The first-order chi connectivity index (χ1) is 7.68. The molecule has 16 heavy (non-hydrogen) atoms. The topological polar surface area (TPSA) is 65.0 Å². The van der Waals surface area contributed by atoms with E-state index in [0.717, 1.165) is 0 Å². The van der Waals surface area contributed by atoms with Gasteiger partial charge in [-0.25, -0.2) is 0 Å². The van der Waals surface area contributed by atoms with E-state index in [-0.39, 0.29) is 51.0 Å². The molecule has 0 fully saturated rings. The smallest absolute Gasteiger partial charge is 0.331 e. The van der Waals surface area contributed by atoms with E-state index in [2.05, 4.69) is 0 Å². The molecule has 0 radical (unpaired) electrons. The standard InChI is InChI=1S/C8H17Cl2O5P/c9-1-4-14-16(12,8-2-10)15-7-6-13-5-3-11/h11H,1-8H2. The van der Waals surface area contributed by atoms with Crippen LogP contribution in [0.2, 0.25) is 0 Å². The Hall–Kier alpha value is 0.650. The summed E-state index contributed by atoms with van der Waals surface area (Å²) in [7, 11) is -3.14. The molecule has 0 aromatic carbocycles. The van der Waals surface area contributed by atoms with E-state index in [0.29, 0.717) is 0 Å². The van der Waals surface area contributed by atoms with Gasteiger partial charge in [0.15, 0.2) is 0 Å². The van der Waals surface area contributed by atoms with Crippen molar-refractivity contribution in [3.8, 4) is 0 Å². The molecule has 0 aromatic heterocycles. The van der Waals surface area contributed by atoms with Crippen molar-refractivity contribution >= 4 is 30.8 Å². The Balaban J connectivity index is 3.78. The van der Waals surface area contributed by atoms with Crippen molar-refractivity contribution in [2.24, 2.45) is 0 Å². The van der Waals surface area contributed by atoms with Crippen molar-refractivity contribution in [1.29, 1.82) is 0 Å². The van der Waals surface area contributed by atoms with Gasteiger partial charge in [-0.3, -0.25) is 4.57 Å². The van der Waals surface area contributed by atoms with E-state index in [4.69, 9.17) is 42.1 Å². The second-order valence-corrected chi connectivity index (χ2v) is 5.66. The molecule has 1 unspecified atom stereocenters. The zero-order valence-electron chi connectivity index (χ0n) is 8.94. The lowest BCUT2D eigenvalue weighted by molar-refractivity contribution is 0.0656. The van der Waals surface area contributed by atoms with Crippen molar-refractivity contribution < 1.29 is 23.5 Å². The van der Waals surface area contributed by atoms with Crippen molar-refractivity contribution in [2.45, 2.75) is 0 Å².